The lowest BCUT2D eigenvalue weighted by atomic mass is 10.1. The number of rotatable bonds is 5. The van der Waals surface area contributed by atoms with Crippen LogP contribution in [0.1, 0.15) is 15.9 Å². The van der Waals surface area contributed by atoms with Crippen LogP contribution in [0, 0.1) is 6.92 Å². The minimum atomic E-state index is -0.172. The number of aryl methyl sites for hydroxylation is 1. The molecular weight excluding hydrogens is 305 g/mol. The quantitative estimate of drug-likeness (QED) is 0.847. The van der Waals surface area contributed by atoms with Gasteiger partial charge >= 0.3 is 0 Å². The Morgan fingerprint density at radius 3 is 2.82 bits per heavy atom. The number of hydrogen-bond acceptors (Lipinski definition) is 2. The molecule has 94 valence electrons. The van der Waals surface area contributed by atoms with Crippen molar-refractivity contribution in [1.82, 2.24) is 5.32 Å². The molecule has 5 heteroatoms. The number of hydrogen-bond donors (Lipinski definition) is 1. The molecule has 1 atom stereocenters. The molecule has 1 rings (SSSR count). The number of methoxy groups -OCH3 is 1. The van der Waals surface area contributed by atoms with Gasteiger partial charge in [0.2, 0.25) is 0 Å². The maximum absolute atomic E-state index is 11.9. The summed E-state index contributed by atoms with van der Waals surface area (Å²) in [6, 6.07) is 5.30. The Morgan fingerprint density at radius 2 is 2.29 bits per heavy atom. The van der Waals surface area contributed by atoms with Gasteiger partial charge in [-0.2, -0.15) is 0 Å². The highest BCUT2D eigenvalue weighted by Gasteiger charge is 2.13. The summed E-state index contributed by atoms with van der Waals surface area (Å²) in [5, 5.41) is 2.81. The summed E-state index contributed by atoms with van der Waals surface area (Å²) in [6.07, 6.45) is 0. The van der Waals surface area contributed by atoms with Crippen LogP contribution >= 0.6 is 27.5 Å². The third-order valence-electron chi connectivity index (χ3n) is 2.32. The van der Waals surface area contributed by atoms with E-state index in [4.69, 9.17) is 16.3 Å². The Bertz CT molecular complexity index is 398. The number of halogens is 2. The Kier molecular flexibility index (Phi) is 5.95. The number of carbonyl (C=O) groups excluding carboxylic acids is 1. The third kappa shape index (κ3) is 4.30. The van der Waals surface area contributed by atoms with Gasteiger partial charge in [-0.05, 0) is 24.6 Å². The van der Waals surface area contributed by atoms with Crippen molar-refractivity contribution in [3.05, 3.63) is 33.8 Å². The van der Waals surface area contributed by atoms with Gasteiger partial charge in [0.05, 0.1) is 12.6 Å². The summed E-state index contributed by atoms with van der Waals surface area (Å²) in [4.78, 5) is 11.9. The van der Waals surface area contributed by atoms with E-state index in [-0.39, 0.29) is 11.9 Å². The van der Waals surface area contributed by atoms with Gasteiger partial charge in [-0.25, -0.2) is 0 Å². The van der Waals surface area contributed by atoms with Gasteiger partial charge in [0.25, 0.3) is 5.91 Å². The molecule has 1 N–H and O–H groups in total. The Balaban J connectivity index is 2.72. The van der Waals surface area contributed by atoms with Crippen molar-refractivity contribution >= 4 is 33.4 Å². The highest BCUT2D eigenvalue weighted by molar-refractivity contribution is 9.10. The van der Waals surface area contributed by atoms with E-state index in [0.29, 0.717) is 18.1 Å². The molecule has 1 aromatic rings. The first kappa shape index (κ1) is 14.5. The van der Waals surface area contributed by atoms with Crippen molar-refractivity contribution in [2.24, 2.45) is 0 Å². The predicted molar refractivity (Wildman–Crippen MR) is 72.7 cm³/mol. The molecule has 1 amide bonds. The lowest BCUT2D eigenvalue weighted by Crippen LogP contribution is -2.39. The summed E-state index contributed by atoms with van der Waals surface area (Å²) in [6.45, 7) is 2.38. The molecule has 1 unspecified atom stereocenters. The van der Waals surface area contributed by atoms with E-state index in [2.05, 4.69) is 21.2 Å². The SMILES string of the molecule is COCC(CCl)NC(=O)c1ccc(C)c(Br)c1. The first-order valence-electron chi connectivity index (χ1n) is 5.20. The highest BCUT2D eigenvalue weighted by Crippen LogP contribution is 2.17. The monoisotopic (exact) mass is 319 g/mol. The highest BCUT2D eigenvalue weighted by atomic mass is 79.9. The van der Waals surface area contributed by atoms with Crippen molar-refractivity contribution in [3.63, 3.8) is 0 Å². The molecule has 3 nitrogen and oxygen atoms in total. The Labute approximate surface area is 115 Å². The van der Waals surface area contributed by atoms with E-state index in [0.717, 1.165) is 10.0 Å². The number of carbonyl (C=O) groups is 1. The summed E-state index contributed by atoms with van der Waals surface area (Å²) in [5.41, 5.74) is 1.70. The van der Waals surface area contributed by atoms with Crippen LogP contribution in [0.4, 0.5) is 0 Å². The lowest BCUT2D eigenvalue weighted by Gasteiger charge is -2.15. The number of nitrogens with one attached hydrogen (secondary N) is 1. The number of alkyl halides is 1. The third-order valence-corrected chi connectivity index (χ3v) is 3.55. The summed E-state index contributed by atoms with van der Waals surface area (Å²) in [7, 11) is 1.58. The fourth-order valence-electron chi connectivity index (χ4n) is 1.33. The summed E-state index contributed by atoms with van der Waals surface area (Å²) in [5.74, 6) is 0.181. The van der Waals surface area contributed by atoms with Gasteiger partial charge in [0, 0.05) is 23.0 Å². The van der Waals surface area contributed by atoms with Crippen molar-refractivity contribution in [3.8, 4) is 0 Å². The average Bonchev–Trinajstić information content (AvgIpc) is 2.31. The van der Waals surface area contributed by atoms with Crippen LogP contribution in [-0.2, 0) is 4.74 Å². The molecule has 0 fully saturated rings. The average molecular weight is 321 g/mol. The second kappa shape index (κ2) is 6.99. The van der Waals surface area contributed by atoms with Crippen molar-refractivity contribution in [2.45, 2.75) is 13.0 Å². The van der Waals surface area contributed by atoms with Crippen LogP contribution < -0.4 is 5.32 Å². The van der Waals surface area contributed by atoms with Crippen LogP contribution in [0.25, 0.3) is 0 Å². The minimum absolute atomic E-state index is 0.145. The standard InChI is InChI=1S/C12H15BrClNO2/c1-8-3-4-9(5-11(8)13)12(16)15-10(6-14)7-17-2/h3-5,10H,6-7H2,1-2H3,(H,15,16). The van der Waals surface area contributed by atoms with E-state index in [9.17, 15) is 4.79 Å². The summed E-state index contributed by atoms with van der Waals surface area (Å²) >= 11 is 9.13. The maximum Gasteiger partial charge on any atom is 0.251 e. The lowest BCUT2D eigenvalue weighted by molar-refractivity contribution is 0.0907. The number of amides is 1. The zero-order valence-corrected chi connectivity index (χ0v) is 12.1. The second-order valence-corrected chi connectivity index (χ2v) is 4.91. The zero-order valence-electron chi connectivity index (χ0n) is 9.80. The molecule has 0 saturated carbocycles. The van der Waals surface area contributed by atoms with Crippen LogP contribution in [0.2, 0.25) is 0 Å². The first-order chi connectivity index (χ1) is 8.08. The molecule has 17 heavy (non-hydrogen) atoms. The van der Waals surface area contributed by atoms with Crippen molar-refractivity contribution in [1.29, 1.82) is 0 Å². The molecule has 0 radical (unpaired) electrons. The fraction of sp³-hybridized carbons (Fsp3) is 0.417. The molecule has 0 aliphatic rings. The molecule has 0 saturated heterocycles. The Morgan fingerprint density at radius 1 is 1.59 bits per heavy atom. The normalized spacial score (nSPS) is 12.2. The molecular formula is C12H15BrClNO2. The van der Waals surface area contributed by atoms with Gasteiger partial charge in [0.15, 0.2) is 0 Å². The van der Waals surface area contributed by atoms with Crippen molar-refractivity contribution < 1.29 is 9.53 Å². The molecule has 0 aliphatic carbocycles. The van der Waals surface area contributed by atoms with Crippen LogP contribution in [0.5, 0.6) is 0 Å². The summed E-state index contributed by atoms with van der Waals surface area (Å²) < 4.78 is 5.88. The van der Waals surface area contributed by atoms with E-state index in [1.165, 1.54) is 0 Å². The molecule has 0 spiro atoms. The largest absolute Gasteiger partial charge is 0.383 e. The van der Waals surface area contributed by atoms with E-state index in [1.807, 2.05) is 13.0 Å². The van der Waals surface area contributed by atoms with Gasteiger partial charge in [-0.15, -0.1) is 11.6 Å². The van der Waals surface area contributed by atoms with Gasteiger partial charge < -0.3 is 10.1 Å². The molecule has 0 bridgehead atoms. The fourth-order valence-corrected chi connectivity index (χ4v) is 1.87. The van der Waals surface area contributed by atoms with Crippen LogP contribution in [0.15, 0.2) is 22.7 Å². The van der Waals surface area contributed by atoms with Crippen molar-refractivity contribution in [2.75, 3.05) is 19.6 Å². The minimum Gasteiger partial charge on any atom is -0.383 e. The molecule has 0 aromatic heterocycles. The molecule has 0 aliphatic heterocycles. The molecule has 0 heterocycles. The second-order valence-electron chi connectivity index (χ2n) is 3.74. The van der Waals surface area contributed by atoms with Gasteiger partial charge in [0.1, 0.15) is 0 Å². The smallest absolute Gasteiger partial charge is 0.251 e. The predicted octanol–water partition coefficient (Wildman–Crippen LogP) is 2.74. The number of benzene rings is 1. The van der Waals surface area contributed by atoms with Crippen LogP contribution in [-0.4, -0.2) is 31.5 Å². The van der Waals surface area contributed by atoms with E-state index >= 15 is 0 Å². The first-order valence-corrected chi connectivity index (χ1v) is 6.53. The Hall–Kier alpha value is -0.580. The number of ether oxygens (including phenoxy) is 1. The maximum atomic E-state index is 11.9. The van der Waals surface area contributed by atoms with Gasteiger partial charge in [-0.3, -0.25) is 4.79 Å². The van der Waals surface area contributed by atoms with E-state index < -0.39 is 0 Å². The van der Waals surface area contributed by atoms with E-state index in [1.54, 1.807) is 19.2 Å². The van der Waals surface area contributed by atoms with Crippen LogP contribution in [0.3, 0.4) is 0 Å². The van der Waals surface area contributed by atoms with Gasteiger partial charge in [-0.1, -0.05) is 22.0 Å². The topological polar surface area (TPSA) is 38.3 Å². The molecule has 1 aromatic carbocycles. The zero-order chi connectivity index (χ0) is 12.8.